The summed E-state index contributed by atoms with van der Waals surface area (Å²) in [4.78, 5) is 43.4. The molecule has 2 atom stereocenters. The van der Waals surface area contributed by atoms with Gasteiger partial charge in [0, 0.05) is 0 Å². The molecule has 1 aromatic heterocycles. The van der Waals surface area contributed by atoms with Crippen molar-refractivity contribution in [1.29, 1.82) is 0 Å². The van der Waals surface area contributed by atoms with Gasteiger partial charge in [-0.2, -0.15) is 4.98 Å². The highest BCUT2D eigenvalue weighted by molar-refractivity contribution is 6.22. The smallest absolute Gasteiger partial charge is 0.262 e. The van der Waals surface area contributed by atoms with E-state index in [1.165, 1.54) is 12.1 Å². The first-order valence-corrected chi connectivity index (χ1v) is 11.8. The SMILES string of the molecule is O=C(CN1C(=O)c2ccccc2C1=O)Nc1nc2n(n1)[C@H](c1ccc(F)cc1)C[C@H](c1ccccc1)N2. The number of rotatable bonds is 5. The maximum absolute atomic E-state index is 13.6. The Kier molecular flexibility index (Phi) is 5.48. The van der Waals surface area contributed by atoms with E-state index in [1.54, 1.807) is 41.1 Å². The lowest BCUT2D eigenvalue weighted by Crippen LogP contribution is -2.37. The van der Waals surface area contributed by atoms with Crippen molar-refractivity contribution in [2.24, 2.45) is 0 Å². The summed E-state index contributed by atoms with van der Waals surface area (Å²) >= 11 is 0. The van der Waals surface area contributed by atoms with Gasteiger partial charge < -0.3 is 5.32 Å². The van der Waals surface area contributed by atoms with Crippen molar-refractivity contribution in [1.82, 2.24) is 19.7 Å². The van der Waals surface area contributed by atoms with E-state index in [0.717, 1.165) is 16.0 Å². The summed E-state index contributed by atoms with van der Waals surface area (Å²) in [5.74, 6) is -1.50. The van der Waals surface area contributed by atoms with E-state index in [9.17, 15) is 18.8 Å². The van der Waals surface area contributed by atoms with Crippen molar-refractivity contribution >= 4 is 29.6 Å². The van der Waals surface area contributed by atoms with Gasteiger partial charge in [-0.3, -0.25) is 24.6 Å². The zero-order chi connectivity index (χ0) is 25.5. The Morgan fingerprint density at radius 1 is 0.919 bits per heavy atom. The van der Waals surface area contributed by atoms with Crippen molar-refractivity contribution in [2.45, 2.75) is 18.5 Å². The van der Waals surface area contributed by atoms with Crippen LogP contribution in [-0.2, 0) is 4.79 Å². The van der Waals surface area contributed by atoms with Crippen molar-refractivity contribution in [2.75, 3.05) is 17.2 Å². The average molecular weight is 497 g/mol. The number of hydrogen-bond donors (Lipinski definition) is 2. The van der Waals surface area contributed by atoms with Gasteiger partial charge in [0.2, 0.25) is 11.9 Å². The summed E-state index contributed by atoms with van der Waals surface area (Å²) in [6.07, 6.45) is 0.619. The molecule has 9 nitrogen and oxygen atoms in total. The van der Waals surface area contributed by atoms with E-state index in [2.05, 4.69) is 20.7 Å². The van der Waals surface area contributed by atoms with Gasteiger partial charge in [-0.25, -0.2) is 9.07 Å². The number of fused-ring (bicyclic) bond motifs is 2. The molecule has 2 aliphatic rings. The van der Waals surface area contributed by atoms with Gasteiger partial charge in [0.15, 0.2) is 0 Å². The van der Waals surface area contributed by atoms with Crippen LogP contribution in [0.25, 0.3) is 0 Å². The topological polar surface area (TPSA) is 109 Å². The molecule has 0 spiro atoms. The Bertz CT molecular complexity index is 1480. The minimum atomic E-state index is -0.601. The molecule has 2 aliphatic heterocycles. The first kappa shape index (κ1) is 22.6. The second-order valence-electron chi connectivity index (χ2n) is 8.90. The van der Waals surface area contributed by atoms with Crippen molar-refractivity contribution in [3.8, 4) is 0 Å². The molecule has 3 heterocycles. The second kappa shape index (κ2) is 8.98. The van der Waals surface area contributed by atoms with Crippen molar-refractivity contribution < 1.29 is 18.8 Å². The standard InChI is InChI=1S/C27H21FN6O3/c28-18-12-10-17(11-13-18)22-14-21(16-6-2-1-3-7-16)29-27-31-26(32-34(22)27)30-23(35)15-33-24(36)19-8-4-5-9-20(19)25(33)37/h1-13,21-22H,14-15H2,(H2,29,30,31,32,35)/t21-,22+/m1/s1. The molecule has 0 radical (unpaired) electrons. The lowest BCUT2D eigenvalue weighted by atomic mass is 9.93. The highest BCUT2D eigenvalue weighted by atomic mass is 19.1. The molecule has 0 aliphatic carbocycles. The Morgan fingerprint density at radius 3 is 2.24 bits per heavy atom. The fourth-order valence-electron chi connectivity index (χ4n) is 4.79. The van der Waals surface area contributed by atoms with Crippen LogP contribution in [0.15, 0.2) is 78.9 Å². The van der Waals surface area contributed by atoms with Crippen LogP contribution in [0.2, 0.25) is 0 Å². The number of nitrogens with one attached hydrogen (secondary N) is 2. The monoisotopic (exact) mass is 496 g/mol. The second-order valence-corrected chi connectivity index (χ2v) is 8.90. The summed E-state index contributed by atoms with van der Waals surface area (Å²) in [5, 5.41) is 10.4. The lowest BCUT2D eigenvalue weighted by Gasteiger charge is -2.31. The normalized spacial score (nSPS) is 18.2. The number of anilines is 2. The molecule has 6 rings (SSSR count). The molecule has 4 aromatic rings. The highest BCUT2D eigenvalue weighted by Crippen LogP contribution is 2.38. The first-order valence-electron chi connectivity index (χ1n) is 11.8. The summed E-state index contributed by atoms with van der Waals surface area (Å²) in [7, 11) is 0. The molecule has 0 fully saturated rings. The van der Waals surface area contributed by atoms with Crippen LogP contribution in [0, 0.1) is 5.82 Å². The van der Waals surface area contributed by atoms with Gasteiger partial charge in [0.25, 0.3) is 17.8 Å². The van der Waals surface area contributed by atoms with Crippen LogP contribution in [-0.4, -0.2) is 43.9 Å². The van der Waals surface area contributed by atoms with E-state index < -0.39 is 24.3 Å². The van der Waals surface area contributed by atoms with E-state index in [1.807, 2.05) is 30.3 Å². The van der Waals surface area contributed by atoms with E-state index in [0.29, 0.717) is 12.4 Å². The van der Waals surface area contributed by atoms with Crippen molar-refractivity contribution in [3.63, 3.8) is 0 Å². The van der Waals surface area contributed by atoms with Crippen molar-refractivity contribution in [3.05, 3.63) is 107 Å². The Balaban J connectivity index is 1.25. The molecule has 37 heavy (non-hydrogen) atoms. The number of nitrogens with zero attached hydrogens (tertiary/aromatic N) is 4. The van der Waals surface area contributed by atoms with Crippen LogP contribution >= 0.6 is 0 Å². The zero-order valence-electron chi connectivity index (χ0n) is 19.5. The Morgan fingerprint density at radius 2 is 1.57 bits per heavy atom. The summed E-state index contributed by atoms with van der Waals surface area (Å²) in [6, 6.07) is 22.2. The third-order valence-corrected chi connectivity index (χ3v) is 6.58. The Hall–Kier alpha value is -4.86. The molecule has 0 saturated carbocycles. The molecular weight excluding hydrogens is 475 g/mol. The molecule has 184 valence electrons. The number of carbonyl (C=O) groups excluding carboxylic acids is 3. The number of imide groups is 1. The largest absolute Gasteiger partial charge is 0.347 e. The third-order valence-electron chi connectivity index (χ3n) is 6.58. The number of benzene rings is 3. The summed E-state index contributed by atoms with van der Waals surface area (Å²) in [5.41, 5.74) is 2.45. The fourth-order valence-corrected chi connectivity index (χ4v) is 4.79. The molecule has 10 heteroatoms. The molecular formula is C27H21FN6O3. The molecule has 2 N–H and O–H groups in total. The van der Waals surface area contributed by atoms with Gasteiger partial charge in [-0.15, -0.1) is 5.10 Å². The van der Waals surface area contributed by atoms with Gasteiger partial charge >= 0.3 is 0 Å². The van der Waals surface area contributed by atoms with E-state index in [-0.39, 0.29) is 35.0 Å². The maximum Gasteiger partial charge on any atom is 0.262 e. The van der Waals surface area contributed by atoms with E-state index >= 15 is 0 Å². The molecule has 0 unspecified atom stereocenters. The fraction of sp³-hybridized carbons (Fsp3) is 0.148. The quantitative estimate of drug-likeness (QED) is 0.407. The minimum Gasteiger partial charge on any atom is -0.347 e. The van der Waals surface area contributed by atoms with Crippen LogP contribution in [0.3, 0.4) is 0 Å². The molecule has 3 amide bonds. The number of amides is 3. The number of aromatic nitrogens is 3. The van der Waals surface area contributed by atoms with Gasteiger partial charge in [-0.05, 0) is 41.8 Å². The predicted molar refractivity (Wildman–Crippen MR) is 132 cm³/mol. The minimum absolute atomic E-state index is 0.0323. The zero-order valence-corrected chi connectivity index (χ0v) is 19.5. The molecule has 0 saturated heterocycles. The third kappa shape index (κ3) is 4.12. The van der Waals surface area contributed by atoms with Crippen LogP contribution in [0.4, 0.5) is 16.3 Å². The van der Waals surface area contributed by atoms with Gasteiger partial charge in [0.05, 0.1) is 23.2 Å². The maximum atomic E-state index is 13.6. The van der Waals surface area contributed by atoms with E-state index in [4.69, 9.17) is 0 Å². The lowest BCUT2D eigenvalue weighted by molar-refractivity contribution is -0.116. The molecule has 0 bridgehead atoms. The van der Waals surface area contributed by atoms with Gasteiger partial charge in [0.1, 0.15) is 12.4 Å². The number of hydrogen-bond acceptors (Lipinski definition) is 6. The highest BCUT2D eigenvalue weighted by Gasteiger charge is 2.37. The predicted octanol–water partition coefficient (Wildman–Crippen LogP) is 3.80. The number of carbonyl (C=O) groups is 3. The average Bonchev–Trinajstić information content (AvgIpc) is 3.43. The van der Waals surface area contributed by atoms with Crippen LogP contribution < -0.4 is 10.6 Å². The molecule has 3 aromatic carbocycles. The van der Waals surface area contributed by atoms with Crippen LogP contribution in [0.5, 0.6) is 0 Å². The summed E-state index contributed by atoms with van der Waals surface area (Å²) < 4.78 is 15.3. The first-order chi connectivity index (χ1) is 18.0. The van der Waals surface area contributed by atoms with Crippen LogP contribution in [0.1, 0.15) is 50.3 Å². The summed E-state index contributed by atoms with van der Waals surface area (Å²) in [6.45, 7) is -0.461. The van der Waals surface area contributed by atoms with Gasteiger partial charge in [-0.1, -0.05) is 54.6 Å². The Labute approximate surface area is 210 Å². The number of halogens is 1.